The second-order valence-electron chi connectivity index (χ2n) is 7.96. The predicted molar refractivity (Wildman–Crippen MR) is 130 cm³/mol. The van der Waals surface area contributed by atoms with Crippen LogP contribution < -0.4 is 9.46 Å². The van der Waals surface area contributed by atoms with Gasteiger partial charge in [-0.25, -0.2) is 22.2 Å². The lowest BCUT2D eigenvalue weighted by Crippen LogP contribution is -2.13. The molecule has 12 heteroatoms. The summed E-state index contributed by atoms with van der Waals surface area (Å²) in [5.74, 6) is -0.946. The smallest absolute Gasteiger partial charge is 0.278 e. The first-order valence-corrected chi connectivity index (χ1v) is 12.4. The number of halogens is 2. The predicted octanol–water partition coefficient (Wildman–Crippen LogP) is 4.74. The van der Waals surface area contributed by atoms with Gasteiger partial charge in [0.25, 0.3) is 15.9 Å². The average Bonchev–Trinajstić information content (AvgIpc) is 3.57. The van der Waals surface area contributed by atoms with E-state index in [0.29, 0.717) is 24.1 Å². The maximum Gasteiger partial charge on any atom is 0.278 e. The summed E-state index contributed by atoms with van der Waals surface area (Å²) in [4.78, 5) is 8.35. The summed E-state index contributed by atoms with van der Waals surface area (Å²) in [7, 11) is -2.48. The first-order valence-electron chi connectivity index (χ1n) is 10.9. The van der Waals surface area contributed by atoms with E-state index in [4.69, 9.17) is 9.26 Å². The second-order valence-corrected chi connectivity index (χ2v) is 9.64. The normalized spacial score (nSPS) is 11.4. The zero-order valence-electron chi connectivity index (χ0n) is 19.3. The van der Waals surface area contributed by atoms with Crippen molar-refractivity contribution < 1.29 is 26.5 Å². The molecule has 1 N–H and O–H groups in total. The third-order valence-electron chi connectivity index (χ3n) is 5.40. The Kier molecular flexibility index (Phi) is 6.40. The minimum Gasteiger partial charge on any atom is -0.497 e. The minimum atomic E-state index is -4.07. The monoisotopic (exact) mass is 523 g/mol. The average molecular weight is 524 g/mol. The van der Waals surface area contributed by atoms with Crippen molar-refractivity contribution in [2.24, 2.45) is 0 Å². The molecule has 0 bridgehead atoms. The van der Waals surface area contributed by atoms with E-state index in [-0.39, 0.29) is 16.5 Å². The first kappa shape index (κ1) is 24.1. The lowest BCUT2D eigenvalue weighted by Gasteiger charge is -2.09. The quantitative estimate of drug-likeness (QED) is 0.313. The molecule has 2 aromatic heterocycles. The molecule has 0 saturated heterocycles. The number of nitrogens with one attached hydrogen (secondary N) is 1. The van der Waals surface area contributed by atoms with Crippen LogP contribution in [0.5, 0.6) is 5.75 Å². The Morgan fingerprint density at radius 1 is 1.00 bits per heavy atom. The molecule has 37 heavy (non-hydrogen) atoms. The number of rotatable bonds is 8. The highest BCUT2D eigenvalue weighted by molar-refractivity contribution is 7.92. The highest BCUT2D eigenvalue weighted by Crippen LogP contribution is 2.24. The van der Waals surface area contributed by atoms with E-state index in [9.17, 15) is 17.2 Å². The van der Waals surface area contributed by atoms with Crippen LogP contribution in [0.4, 0.5) is 14.5 Å². The molecule has 0 unspecified atom stereocenters. The molecule has 0 fully saturated rings. The molecule has 2 heterocycles. The lowest BCUT2D eigenvalue weighted by molar-refractivity contribution is 0.414. The van der Waals surface area contributed by atoms with E-state index >= 15 is 0 Å². The lowest BCUT2D eigenvalue weighted by atomic mass is 10.2. The molecule has 3 aromatic carbocycles. The summed E-state index contributed by atoms with van der Waals surface area (Å²) in [6.07, 6.45) is 3.37. The highest BCUT2D eigenvalue weighted by atomic mass is 32.2. The molecule has 0 atom stereocenters. The number of anilines is 1. The van der Waals surface area contributed by atoms with Crippen LogP contribution in [-0.2, 0) is 16.6 Å². The number of imidazole rings is 1. The third kappa shape index (κ3) is 5.33. The third-order valence-corrected chi connectivity index (χ3v) is 6.78. The van der Waals surface area contributed by atoms with E-state index < -0.39 is 21.7 Å². The largest absolute Gasteiger partial charge is 0.497 e. The van der Waals surface area contributed by atoms with Crippen molar-refractivity contribution in [1.82, 2.24) is 19.7 Å². The van der Waals surface area contributed by atoms with Gasteiger partial charge < -0.3 is 13.8 Å². The fourth-order valence-corrected chi connectivity index (χ4v) is 4.56. The molecule has 0 aliphatic rings. The number of sulfonamides is 1. The van der Waals surface area contributed by atoms with Gasteiger partial charge in [0.2, 0.25) is 5.82 Å². The van der Waals surface area contributed by atoms with Crippen LogP contribution in [0.15, 0.2) is 88.7 Å². The topological polar surface area (TPSA) is 112 Å². The maximum atomic E-state index is 13.4. The van der Waals surface area contributed by atoms with E-state index in [1.165, 1.54) is 0 Å². The maximum absolute atomic E-state index is 13.4. The van der Waals surface area contributed by atoms with Gasteiger partial charge in [-0.15, -0.1) is 0 Å². The Bertz CT molecular complexity index is 1650. The fourth-order valence-electron chi connectivity index (χ4n) is 3.49. The standard InChI is InChI=1S/C25H19F2N5O4S/c1-35-19-8-4-17(5-9-19)24-29-25(36-30-24)23-14-32(15-28-23)13-16-2-6-18(7-3-16)31-37(33,34)20-10-11-21(26)22(27)12-20/h2-12,14-15,31H,13H2,1H3. The van der Waals surface area contributed by atoms with Crippen LogP contribution in [0.3, 0.4) is 0 Å². The van der Waals surface area contributed by atoms with E-state index in [2.05, 4.69) is 19.8 Å². The molecule has 0 radical (unpaired) electrons. The summed E-state index contributed by atoms with van der Waals surface area (Å²) in [6, 6.07) is 16.3. The zero-order valence-corrected chi connectivity index (χ0v) is 20.1. The molecule has 0 aliphatic carbocycles. The summed E-state index contributed by atoms with van der Waals surface area (Å²) < 4.78 is 66.1. The molecule has 0 amide bonds. The molecule has 5 aromatic rings. The summed E-state index contributed by atoms with van der Waals surface area (Å²) in [5.41, 5.74) is 2.42. The molecule has 9 nitrogen and oxygen atoms in total. The van der Waals surface area contributed by atoms with Crippen molar-refractivity contribution in [3.63, 3.8) is 0 Å². The zero-order chi connectivity index (χ0) is 26.0. The van der Waals surface area contributed by atoms with Crippen molar-refractivity contribution in [2.75, 3.05) is 11.8 Å². The Morgan fingerprint density at radius 3 is 2.46 bits per heavy atom. The second kappa shape index (κ2) is 9.82. The van der Waals surface area contributed by atoms with Gasteiger partial charge in [0.05, 0.1) is 18.3 Å². The number of hydrogen-bond acceptors (Lipinski definition) is 7. The van der Waals surface area contributed by atoms with Crippen molar-refractivity contribution >= 4 is 15.7 Å². The van der Waals surface area contributed by atoms with Gasteiger partial charge in [0.15, 0.2) is 11.6 Å². The number of benzene rings is 3. The number of aromatic nitrogens is 4. The van der Waals surface area contributed by atoms with Gasteiger partial charge in [-0.05, 0) is 60.2 Å². The molecule has 188 valence electrons. The first-order chi connectivity index (χ1) is 17.8. The fraction of sp³-hybridized carbons (Fsp3) is 0.0800. The summed E-state index contributed by atoms with van der Waals surface area (Å²) in [6.45, 7) is 0.447. The van der Waals surface area contributed by atoms with Crippen LogP contribution in [0.2, 0.25) is 0 Å². The minimum absolute atomic E-state index is 0.270. The molecular formula is C25H19F2N5O4S. The number of ether oxygens (including phenoxy) is 1. The van der Waals surface area contributed by atoms with E-state index in [1.54, 1.807) is 56.0 Å². The number of methoxy groups -OCH3 is 1. The summed E-state index contributed by atoms with van der Waals surface area (Å²) >= 11 is 0. The summed E-state index contributed by atoms with van der Waals surface area (Å²) in [5, 5.41) is 4.01. The number of hydrogen-bond donors (Lipinski definition) is 1. The van der Waals surface area contributed by atoms with Crippen LogP contribution >= 0.6 is 0 Å². The molecule has 0 aliphatic heterocycles. The van der Waals surface area contributed by atoms with E-state index in [1.807, 2.05) is 16.7 Å². The van der Waals surface area contributed by atoms with Crippen molar-refractivity contribution in [3.05, 3.63) is 96.5 Å². The Balaban J connectivity index is 1.25. The Labute approximate surface area is 210 Å². The van der Waals surface area contributed by atoms with Crippen molar-refractivity contribution in [1.29, 1.82) is 0 Å². The van der Waals surface area contributed by atoms with Crippen LogP contribution in [0.25, 0.3) is 23.0 Å². The Morgan fingerprint density at radius 2 is 1.76 bits per heavy atom. The van der Waals surface area contributed by atoms with Gasteiger partial charge in [-0.3, -0.25) is 4.72 Å². The van der Waals surface area contributed by atoms with Crippen molar-refractivity contribution in [2.45, 2.75) is 11.4 Å². The van der Waals surface area contributed by atoms with E-state index in [0.717, 1.165) is 29.0 Å². The van der Waals surface area contributed by atoms with Gasteiger partial charge in [-0.1, -0.05) is 17.3 Å². The Hall–Kier alpha value is -4.58. The SMILES string of the molecule is COc1ccc(-c2noc(-c3cn(Cc4ccc(NS(=O)(=O)c5ccc(F)c(F)c5)cc4)cn3)n2)cc1. The van der Waals surface area contributed by atoms with Crippen LogP contribution in [0, 0.1) is 11.6 Å². The van der Waals surface area contributed by atoms with Crippen molar-refractivity contribution in [3.8, 4) is 28.7 Å². The highest BCUT2D eigenvalue weighted by Gasteiger charge is 2.17. The van der Waals surface area contributed by atoms with Crippen LogP contribution in [-0.4, -0.2) is 35.2 Å². The van der Waals surface area contributed by atoms with Gasteiger partial charge >= 0.3 is 0 Å². The molecule has 0 spiro atoms. The van der Waals surface area contributed by atoms with Gasteiger partial charge in [-0.2, -0.15) is 4.98 Å². The molecular weight excluding hydrogens is 504 g/mol. The molecule has 0 saturated carbocycles. The number of nitrogens with zero attached hydrogens (tertiary/aromatic N) is 4. The van der Waals surface area contributed by atoms with Crippen LogP contribution in [0.1, 0.15) is 5.56 Å². The van der Waals surface area contributed by atoms with Gasteiger partial charge in [0.1, 0.15) is 11.4 Å². The van der Waals surface area contributed by atoms with Gasteiger partial charge in [0, 0.05) is 24.0 Å². The molecule has 5 rings (SSSR count).